The van der Waals surface area contributed by atoms with Crippen LogP contribution < -0.4 is 5.73 Å². The maximum absolute atomic E-state index is 6.04. The molecule has 6 heteroatoms. The van der Waals surface area contributed by atoms with E-state index in [2.05, 4.69) is 29.2 Å². The number of hydrogen-bond acceptors (Lipinski definition) is 5. The van der Waals surface area contributed by atoms with Crippen LogP contribution in [-0.2, 0) is 16.6 Å². The van der Waals surface area contributed by atoms with E-state index in [0.29, 0.717) is 11.6 Å². The zero-order valence-corrected chi connectivity index (χ0v) is 11.0. The van der Waals surface area contributed by atoms with Gasteiger partial charge in [0.05, 0.1) is 17.1 Å². The number of rotatable bonds is 1. The summed E-state index contributed by atoms with van der Waals surface area (Å²) in [4.78, 5) is 0. The van der Waals surface area contributed by atoms with Gasteiger partial charge in [0.1, 0.15) is 5.69 Å². The first-order valence-corrected chi connectivity index (χ1v) is 6.65. The molecule has 0 radical (unpaired) electrons. The van der Waals surface area contributed by atoms with Crippen LogP contribution in [0.1, 0.15) is 37.1 Å². The highest BCUT2D eigenvalue weighted by Crippen LogP contribution is 2.57. The quantitative estimate of drug-likeness (QED) is 0.813. The number of nitrogens with two attached hydrogens (primary N) is 1. The summed E-state index contributed by atoms with van der Waals surface area (Å²) in [7, 11) is 0. The number of H-pyrrole nitrogens is 1. The Labute approximate surface area is 110 Å². The SMILES string of the molecule is CCc1[nH]nc2c1[C@@]1(CCO[C@H]1C)c1c(N)noc1-2. The summed E-state index contributed by atoms with van der Waals surface area (Å²) in [5.74, 6) is 1.17. The fourth-order valence-electron chi connectivity index (χ4n) is 3.70. The Hall–Kier alpha value is -1.82. The van der Waals surface area contributed by atoms with Gasteiger partial charge in [-0.1, -0.05) is 12.1 Å². The normalized spacial score (nSPS) is 28.0. The summed E-state index contributed by atoms with van der Waals surface area (Å²) in [5.41, 5.74) is 9.96. The predicted octanol–water partition coefficient (Wildman–Crippen LogP) is 1.62. The Morgan fingerprint density at radius 3 is 3.00 bits per heavy atom. The molecule has 0 unspecified atom stereocenters. The van der Waals surface area contributed by atoms with Crippen molar-refractivity contribution in [2.24, 2.45) is 0 Å². The van der Waals surface area contributed by atoms with E-state index < -0.39 is 0 Å². The molecule has 3 N–H and O–H groups in total. The second kappa shape index (κ2) is 3.39. The van der Waals surface area contributed by atoms with Crippen molar-refractivity contribution in [1.29, 1.82) is 0 Å². The van der Waals surface area contributed by atoms with E-state index >= 15 is 0 Å². The van der Waals surface area contributed by atoms with E-state index in [0.717, 1.165) is 36.4 Å². The zero-order chi connectivity index (χ0) is 13.2. The number of nitrogens with zero attached hydrogens (tertiary/aromatic N) is 2. The van der Waals surface area contributed by atoms with Crippen molar-refractivity contribution in [3.8, 4) is 11.5 Å². The van der Waals surface area contributed by atoms with Gasteiger partial charge in [0.15, 0.2) is 11.6 Å². The molecule has 0 bridgehead atoms. The molecule has 2 aromatic heterocycles. The fourth-order valence-corrected chi connectivity index (χ4v) is 3.70. The molecule has 6 nitrogen and oxygen atoms in total. The number of fused-ring (bicyclic) bond motifs is 5. The smallest absolute Gasteiger partial charge is 0.193 e. The molecule has 2 aromatic rings. The number of anilines is 1. The Morgan fingerprint density at radius 1 is 1.47 bits per heavy atom. The molecule has 0 saturated carbocycles. The highest BCUT2D eigenvalue weighted by atomic mass is 16.5. The minimum atomic E-state index is -0.243. The maximum Gasteiger partial charge on any atom is 0.193 e. The number of aromatic nitrogens is 3. The molecule has 19 heavy (non-hydrogen) atoms. The monoisotopic (exact) mass is 260 g/mol. The van der Waals surface area contributed by atoms with Crippen LogP contribution in [-0.4, -0.2) is 28.1 Å². The molecule has 100 valence electrons. The molecule has 1 fully saturated rings. The molecule has 3 heterocycles. The van der Waals surface area contributed by atoms with Gasteiger partial charge in [-0.05, 0) is 19.8 Å². The van der Waals surface area contributed by atoms with Crippen molar-refractivity contribution in [3.63, 3.8) is 0 Å². The first-order chi connectivity index (χ1) is 9.20. The van der Waals surface area contributed by atoms with Gasteiger partial charge < -0.3 is 15.0 Å². The van der Waals surface area contributed by atoms with Crippen LogP contribution >= 0.6 is 0 Å². The average molecular weight is 260 g/mol. The summed E-state index contributed by atoms with van der Waals surface area (Å²) in [5, 5.41) is 11.4. The molecule has 2 aliphatic rings. The minimum absolute atomic E-state index is 0.0529. The van der Waals surface area contributed by atoms with E-state index in [1.807, 2.05) is 0 Å². The highest BCUT2D eigenvalue weighted by molar-refractivity contribution is 5.80. The summed E-state index contributed by atoms with van der Waals surface area (Å²) < 4.78 is 11.2. The van der Waals surface area contributed by atoms with Gasteiger partial charge in [0.25, 0.3) is 0 Å². The van der Waals surface area contributed by atoms with Gasteiger partial charge in [-0.15, -0.1) is 0 Å². The van der Waals surface area contributed by atoms with Gasteiger partial charge in [-0.2, -0.15) is 5.10 Å². The molecule has 0 amide bonds. The molecule has 2 atom stereocenters. The largest absolute Gasteiger partial charge is 0.381 e. The Balaban J connectivity index is 2.09. The average Bonchev–Trinajstić information content (AvgIpc) is 3.09. The lowest BCUT2D eigenvalue weighted by atomic mass is 9.73. The van der Waals surface area contributed by atoms with Gasteiger partial charge >= 0.3 is 0 Å². The third kappa shape index (κ3) is 1.07. The van der Waals surface area contributed by atoms with Crippen LogP contribution in [0.2, 0.25) is 0 Å². The number of nitrogens with one attached hydrogen (secondary N) is 1. The third-order valence-corrected chi connectivity index (χ3v) is 4.58. The van der Waals surface area contributed by atoms with Crippen molar-refractivity contribution in [3.05, 3.63) is 16.8 Å². The summed E-state index contributed by atoms with van der Waals surface area (Å²) in [6, 6.07) is 0. The summed E-state index contributed by atoms with van der Waals surface area (Å²) >= 11 is 0. The Bertz CT molecular complexity index is 660. The van der Waals surface area contributed by atoms with Crippen LogP contribution in [0.5, 0.6) is 0 Å². The van der Waals surface area contributed by atoms with Crippen molar-refractivity contribution < 1.29 is 9.26 Å². The second-order valence-corrected chi connectivity index (χ2v) is 5.29. The summed E-state index contributed by atoms with van der Waals surface area (Å²) in [6.07, 6.45) is 1.85. The van der Waals surface area contributed by atoms with Crippen molar-refractivity contribution in [2.45, 2.75) is 38.2 Å². The number of hydrogen-bond donors (Lipinski definition) is 2. The van der Waals surface area contributed by atoms with Crippen LogP contribution in [0.15, 0.2) is 4.52 Å². The molecular formula is C13H16N4O2. The lowest BCUT2D eigenvalue weighted by Gasteiger charge is -2.28. The summed E-state index contributed by atoms with van der Waals surface area (Å²) in [6.45, 7) is 4.92. The molecule has 1 aliphatic carbocycles. The Kier molecular flexibility index (Phi) is 1.97. The van der Waals surface area contributed by atoms with E-state index in [1.54, 1.807) is 0 Å². The number of nitrogen functional groups attached to an aromatic ring is 1. The minimum Gasteiger partial charge on any atom is -0.381 e. The number of ether oxygens (including phenoxy) is 1. The molecule has 0 aromatic carbocycles. The highest BCUT2D eigenvalue weighted by Gasteiger charge is 2.56. The number of aromatic amines is 1. The van der Waals surface area contributed by atoms with E-state index in [-0.39, 0.29) is 11.5 Å². The van der Waals surface area contributed by atoms with Crippen molar-refractivity contribution in [2.75, 3.05) is 12.3 Å². The third-order valence-electron chi connectivity index (χ3n) is 4.58. The van der Waals surface area contributed by atoms with Gasteiger partial charge in [-0.3, -0.25) is 5.10 Å². The maximum atomic E-state index is 6.04. The standard InChI is InChI=1S/C13H16N4O2/c1-3-7-8-10(16-15-7)11-9(12(14)17-19-11)13(8)4-5-18-6(13)2/h6H,3-5H2,1-2H3,(H2,14,17)(H,15,16)/t6-,13-/m0/s1. The van der Waals surface area contributed by atoms with Gasteiger partial charge in [-0.25, -0.2) is 0 Å². The first-order valence-electron chi connectivity index (χ1n) is 6.65. The van der Waals surface area contributed by atoms with E-state index in [9.17, 15) is 0 Å². The molecule has 1 aliphatic heterocycles. The van der Waals surface area contributed by atoms with Crippen LogP contribution in [0, 0.1) is 0 Å². The van der Waals surface area contributed by atoms with Crippen LogP contribution in [0.4, 0.5) is 5.82 Å². The Morgan fingerprint density at radius 2 is 2.32 bits per heavy atom. The molecule has 1 spiro atoms. The first kappa shape index (κ1) is 11.0. The lowest BCUT2D eigenvalue weighted by Crippen LogP contribution is -2.34. The fraction of sp³-hybridized carbons (Fsp3) is 0.538. The molecule has 1 saturated heterocycles. The molecular weight excluding hydrogens is 244 g/mol. The van der Waals surface area contributed by atoms with Crippen molar-refractivity contribution in [1.82, 2.24) is 15.4 Å². The number of aryl methyl sites for hydroxylation is 1. The topological polar surface area (TPSA) is 90.0 Å². The van der Waals surface area contributed by atoms with Gasteiger partial charge in [0.2, 0.25) is 0 Å². The van der Waals surface area contributed by atoms with E-state index in [4.69, 9.17) is 15.0 Å². The lowest BCUT2D eigenvalue weighted by molar-refractivity contribution is 0.104. The molecule has 4 rings (SSSR count). The predicted molar refractivity (Wildman–Crippen MR) is 68.7 cm³/mol. The second-order valence-electron chi connectivity index (χ2n) is 5.29. The zero-order valence-electron chi connectivity index (χ0n) is 11.0. The van der Waals surface area contributed by atoms with Crippen molar-refractivity contribution >= 4 is 5.82 Å². The van der Waals surface area contributed by atoms with Crippen LogP contribution in [0.3, 0.4) is 0 Å². The van der Waals surface area contributed by atoms with E-state index in [1.165, 1.54) is 5.56 Å². The van der Waals surface area contributed by atoms with Gasteiger partial charge in [0, 0.05) is 17.9 Å². The van der Waals surface area contributed by atoms with Crippen LogP contribution in [0.25, 0.3) is 11.5 Å².